The second-order valence-corrected chi connectivity index (χ2v) is 7.06. The van der Waals surface area contributed by atoms with Crippen LogP contribution in [0.4, 0.5) is 5.13 Å². The summed E-state index contributed by atoms with van der Waals surface area (Å²) < 4.78 is 0. The fourth-order valence-electron chi connectivity index (χ4n) is 2.74. The lowest BCUT2D eigenvalue weighted by Gasteiger charge is -2.24. The van der Waals surface area contributed by atoms with Crippen LogP contribution in [0.3, 0.4) is 0 Å². The monoisotopic (exact) mass is 295 g/mol. The Hall–Kier alpha value is -0.610. The Balaban J connectivity index is 2.13. The van der Waals surface area contributed by atoms with Gasteiger partial charge in [0.15, 0.2) is 5.13 Å². The van der Waals surface area contributed by atoms with E-state index < -0.39 is 0 Å². The van der Waals surface area contributed by atoms with Gasteiger partial charge in [0.1, 0.15) is 0 Å². The van der Waals surface area contributed by atoms with Crippen LogP contribution < -0.4 is 10.2 Å². The van der Waals surface area contributed by atoms with Crippen molar-refractivity contribution in [2.45, 2.75) is 65.3 Å². The lowest BCUT2D eigenvalue weighted by atomic mass is 10.1. The maximum Gasteiger partial charge on any atom is 0.185 e. The maximum atomic E-state index is 4.96. The van der Waals surface area contributed by atoms with Crippen molar-refractivity contribution in [3.8, 4) is 0 Å². The second kappa shape index (κ2) is 7.99. The lowest BCUT2D eigenvalue weighted by Crippen LogP contribution is -2.26. The molecule has 0 radical (unpaired) electrons. The zero-order valence-electron chi connectivity index (χ0n) is 13.2. The third kappa shape index (κ3) is 4.19. The Kier molecular flexibility index (Phi) is 6.30. The summed E-state index contributed by atoms with van der Waals surface area (Å²) in [5, 5.41) is 4.70. The fourth-order valence-corrected chi connectivity index (χ4v) is 3.98. The van der Waals surface area contributed by atoms with Gasteiger partial charge in [-0.2, -0.15) is 0 Å². The van der Waals surface area contributed by atoms with Crippen molar-refractivity contribution in [2.24, 2.45) is 0 Å². The van der Waals surface area contributed by atoms with Gasteiger partial charge in [-0.1, -0.05) is 40.0 Å². The van der Waals surface area contributed by atoms with Crippen LogP contribution in [0.2, 0.25) is 0 Å². The van der Waals surface area contributed by atoms with E-state index in [0.717, 1.165) is 13.1 Å². The highest BCUT2D eigenvalue weighted by molar-refractivity contribution is 7.15. The molecule has 0 atom stereocenters. The molecule has 3 nitrogen and oxygen atoms in total. The van der Waals surface area contributed by atoms with Gasteiger partial charge in [0.05, 0.1) is 5.69 Å². The molecule has 0 unspecified atom stereocenters. The van der Waals surface area contributed by atoms with Gasteiger partial charge >= 0.3 is 0 Å². The van der Waals surface area contributed by atoms with Crippen LogP contribution in [0.25, 0.3) is 0 Å². The summed E-state index contributed by atoms with van der Waals surface area (Å²) in [6.07, 6.45) is 6.80. The minimum Gasteiger partial charge on any atom is -0.348 e. The van der Waals surface area contributed by atoms with E-state index in [2.05, 4.69) is 31.0 Å². The Morgan fingerprint density at radius 3 is 2.40 bits per heavy atom. The molecule has 0 aromatic carbocycles. The summed E-state index contributed by atoms with van der Waals surface area (Å²) in [6.45, 7) is 11.0. The van der Waals surface area contributed by atoms with E-state index in [1.54, 1.807) is 0 Å². The van der Waals surface area contributed by atoms with E-state index in [1.165, 1.54) is 60.9 Å². The van der Waals surface area contributed by atoms with Crippen molar-refractivity contribution >= 4 is 16.5 Å². The zero-order valence-corrected chi connectivity index (χ0v) is 14.1. The molecule has 1 aliphatic rings. The minimum atomic E-state index is 0.517. The highest BCUT2D eigenvalue weighted by Crippen LogP contribution is 2.31. The van der Waals surface area contributed by atoms with Crippen LogP contribution in [-0.4, -0.2) is 24.6 Å². The lowest BCUT2D eigenvalue weighted by molar-refractivity contribution is 0.555. The van der Waals surface area contributed by atoms with E-state index in [4.69, 9.17) is 4.98 Å². The summed E-state index contributed by atoms with van der Waals surface area (Å²) in [5.74, 6) is 0.517. The number of hydrogen-bond donors (Lipinski definition) is 1. The molecule has 2 rings (SSSR count). The van der Waals surface area contributed by atoms with Crippen molar-refractivity contribution in [3.63, 3.8) is 0 Å². The molecular formula is C16H29N3S. The summed E-state index contributed by atoms with van der Waals surface area (Å²) in [4.78, 5) is 8.91. The summed E-state index contributed by atoms with van der Waals surface area (Å²) in [6, 6.07) is 0. The summed E-state index contributed by atoms with van der Waals surface area (Å²) >= 11 is 1.90. The van der Waals surface area contributed by atoms with Crippen molar-refractivity contribution in [1.82, 2.24) is 10.3 Å². The van der Waals surface area contributed by atoms with Gasteiger partial charge in [-0.3, -0.25) is 0 Å². The second-order valence-electron chi connectivity index (χ2n) is 5.99. The molecule has 1 aromatic rings. The quantitative estimate of drug-likeness (QED) is 0.884. The number of aromatic nitrogens is 1. The van der Waals surface area contributed by atoms with Gasteiger partial charge in [0, 0.05) is 24.5 Å². The van der Waals surface area contributed by atoms with Crippen LogP contribution in [0, 0.1) is 0 Å². The van der Waals surface area contributed by atoms with Crippen molar-refractivity contribution in [1.29, 1.82) is 0 Å². The largest absolute Gasteiger partial charge is 0.348 e. The van der Waals surface area contributed by atoms with Gasteiger partial charge in [0.25, 0.3) is 0 Å². The normalized spacial score (nSPS) is 17.3. The zero-order chi connectivity index (χ0) is 14.4. The third-order valence-corrected chi connectivity index (χ3v) is 5.06. The Morgan fingerprint density at radius 2 is 1.80 bits per heavy atom. The molecule has 0 amide bonds. The topological polar surface area (TPSA) is 28.2 Å². The molecule has 4 heteroatoms. The molecule has 0 spiro atoms. The third-order valence-electron chi connectivity index (χ3n) is 3.93. The van der Waals surface area contributed by atoms with Crippen LogP contribution in [-0.2, 0) is 6.54 Å². The number of rotatable bonds is 5. The van der Waals surface area contributed by atoms with Crippen molar-refractivity contribution < 1.29 is 0 Å². The highest BCUT2D eigenvalue weighted by atomic mass is 32.1. The molecule has 0 saturated carbocycles. The molecule has 20 heavy (non-hydrogen) atoms. The van der Waals surface area contributed by atoms with Crippen molar-refractivity contribution in [2.75, 3.05) is 24.5 Å². The van der Waals surface area contributed by atoms with E-state index in [1.807, 2.05) is 11.3 Å². The first kappa shape index (κ1) is 15.8. The Bertz CT molecular complexity index is 392. The first-order valence-electron chi connectivity index (χ1n) is 8.17. The molecule has 1 fully saturated rings. The molecule has 0 bridgehead atoms. The number of hydrogen-bond acceptors (Lipinski definition) is 4. The molecule has 0 aliphatic carbocycles. The van der Waals surface area contributed by atoms with Crippen molar-refractivity contribution in [3.05, 3.63) is 10.6 Å². The average molecular weight is 295 g/mol. The molecule has 114 valence electrons. The number of thiazole rings is 1. The van der Waals surface area contributed by atoms with Crippen LogP contribution in [0.1, 0.15) is 69.4 Å². The number of nitrogens with one attached hydrogen (secondary N) is 1. The van der Waals surface area contributed by atoms with Crippen LogP contribution in [0.5, 0.6) is 0 Å². The average Bonchev–Trinajstić information content (AvgIpc) is 2.80. The van der Waals surface area contributed by atoms with Gasteiger partial charge in [-0.15, -0.1) is 11.3 Å². The van der Waals surface area contributed by atoms with Crippen LogP contribution in [0.15, 0.2) is 0 Å². The maximum absolute atomic E-state index is 4.96. The molecular weight excluding hydrogens is 266 g/mol. The molecule has 1 aromatic heterocycles. The Labute approximate surface area is 127 Å². The highest BCUT2D eigenvalue weighted by Gasteiger charge is 2.18. The van der Waals surface area contributed by atoms with Gasteiger partial charge in [-0.05, 0) is 25.3 Å². The van der Waals surface area contributed by atoms with Crippen LogP contribution >= 0.6 is 11.3 Å². The van der Waals surface area contributed by atoms with E-state index in [-0.39, 0.29) is 0 Å². The molecule has 1 aliphatic heterocycles. The predicted molar refractivity (Wildman–Crippen MR) is 88.9 cm³/mol. The van der Waals surface area contributed by atoms with E-state index >= 15 is 0 Å². The SMILES string of the molecule is CCNCc1sc(N2CCCCCCC2)nc1C(C)C. The van der Waals surface area contributed by atoms with E-state index in [0.29, 0.717) is 5.92 Å². The molecule has 1 N–H and O–H groups in total. The number of anilines is 1. The first-order valence-corrected chi connectivity index (χ1v) is 8.99. The van der Waals surface area contributed by atoms with Gasteiger partial charge < -0.3 is 10.2 Å². The Morgan fingerprint density at radius 1 is 1.15 bits per heavy atom. The van der Waals surface area contributed by atoms with Gasteiger partial charge in [0.2, 0.25) is 0 Å². The predicted octanol–water partition coefficient (Wildman–Crippen LogP) is 4.15. The molecule has 2 heterocycles. The first-order chi connectivity index (χ1) is 9.72. The van der Waals surface area contributed by atoms with Gasteiger partial charge in [-0.25, -0.2) is 4.98 Å². The smallest absolute Gasteiger partial charge is 0.185 e. The fraction of sp³-hybridized carbons (Fsp3) is 0.812. The summed E-state index contributed by atoms with van der Waals surface area (Å²) in [7, 11) is 0. The minimum absolute atomic E-state index is 0.517. The standard InChI is InChI=1S/C16H29N3S/c1-4-17-12-14-15(13(2)3)18-16(20-14)19-10-8-6-5-7-9-11-19/h13,17H,4-12H2,1-3H3. The number of nitrogens with zero attached hydrogens (tertiary/aromatic N) is 2. The summed E-state index contributed by atoms with van der Waals surface area (Å²) in [5.41, 5.74) is 1.30. The molecule has 1 saturated heterocycles. The van der Waals surface area contributed by atoms with E-state index in [9.17, 15) is 0 Å².